The number of carbonyl (C=O) groups excluding carboxylic acids is 1. The topological polar surface area (TPSA) is 98.5 Å². The number of benzene rings is 1. The third-order valence-electron chi connectivity index (χ3n) is 1.59. The van der Waals surface area contributed by atoms with Gasteiger partial charge in [0.1, 0.15) is 0 Å². The average Bonchev–Trinajstić information content (AvgIpc) is 2.17. The molecule has 0 bridgehead atoms. The average molecular weight is 270 g/mol. The van der Waals surface area contributed by atoms with Gasteiger partial charge in [0, 0.05) is 5.69 Å². The number of nitrogens with two attached hydrogens (primary N) is 1. The predicted molar refractivity (Wildman–Crippen MR) is 59.3 cm³/mol. The number of rotatable bonds is 2. The molecular weight excluding hydrogens is 260 g/mol. The molecule has 1 amide bonds. The van der Waals surface area contributed by atoms with Crippen molar-refractivity contribution < 1.29 is 17.9 Å². The van der Waals surface area contributed by atoms with Crippen molar-refractivity contribution >= 4 is 59.5 Å². The molecule has 0 radical (unpaired) electrons. The number of sulfonamides is 1. The summed E-state index contributed by atoms with van der Waals surface area (Å²) >= 11 is 0. The van der Waals surface area contributed by atoms with E-state index >= 15 is 0 Å². The van der Waals surface area contributed by atoms with Crippen LogP contribution in [0.5, 0.6) is 0 Å². The normalized spacial score (nSPS) is 10.1. The Balaban J connectivity index is 0.00000225. The summed E-state index contributed by atoms with van der Waals surface area (Å²) in [7, 11) is -2.79. The molecule has 0 saturated heterocycles. The zero-order valence-electron chi connectivity index (χ0n) is 8.64. The van der Waals surface area contributed by atoms with Crippen LogP contribution in [0, 0.1) is 0 Å². The number of methoxy groups -OCH3 is 1. The third kappa shape index (κ3) is 4.17. The number of nitrogen functional groups attached to an aromatic ring is 1. The fourth-order valence-electron chi connectivity index (χ4n) is 0.857. The van der Waals surface area contributed by atoms with Crippen LogP contribution in [0.3, 0.4) is 0 Å². The summed E-state index contributed by atoms with van der Waals surface area (Å²) in [6, 6.07) is 5.43. The van der Waals surface area contributed by atoms with E-state index in [-0.39, 0.29) is 42.6 Å². The Labute approximate surface area is 123 Å². The Hall–Kier alpha value is -0.500. The zero-order chi connectivity index (χ0) is 11.5. The first-order valence-electron chi connectivity index (χ1n) is 3.92. The second-order valence-corrected chi connectivity index (χ2v) is 4.35. The smallest absolute Gasteiger partial charge is 0.452 e. The Morgan fingerprint density at radius 3 is 2.25 bits per heavy atom. The molecule has 0 fully saturated rings. The molecule has 8 heteroatoms. The number of amides is 1. The maximum absolute atomic E-state index is 11.5. The molecular formula is C8H10CaN2O4S+2. The van der Waals surface area contributed by atoms with E-state index in [4.69, 9.17) is 5.73 Å². The molecule has 3 N–H and O–H groups in total. The molecule has 0 spiro atoms. The summed E-state index contributed by atoms with van der Waals surface area (Å²) in [6.07, 6.45) is -1.04. The van der Waals surface area contributed by atoms with Crippen LogP contribution in [0.1, 0.15) is 0 Å². The second-order valence-electron chi connectivity index (χ2n) is 2.67. The molecule has 0 saturated carbocycles. The van der Waals surface area contributed by atoms with Crippen molar-refractivity contribution in [1.82, 2.24) is 4.72 Å². The number of carbonyl (C=O) groups is 1. The molecule has 0 aliphatic rings. The van der Waals surface area contributed by atoms with Crippen LogP contribution in [0.4, 0.5) is 10.5 Å². The van der Waals surface area contributed by atoms with Gasteiger partial charge in [0.15, 0.2) is 0 Å². The first kappa shape index (κ1) is 15.5. The summed E-state index contributed by atoms with van der Waals surface area (Å²) in [5.74, 6) is 0. The van der Waals surface area contributed by atoms with Crippen LogP contribution in [-0.4, -0.2) is 59.4 Å². The quantitative estimate of drug-likeness (QED) is 0.579. The van der Waals surface area contributed by atoms with Gasteiger partial charge in [-0.05, 0) is 24.3 Å². The fourth-order valence-corrected chi connectivity index (χ4v) is 1.77. The molecule has 0 unspecified atom stereocenters. The Bertz CT molecular complexity index is 457. The van der Waals surface area contributed by atoms with Crippen LogP contribution < -0.4 is 10.5 Å². The molecule has 0 atom stereocenters. The molecule has 1 rings (SSSR count). The van der Waals surface area contributed by atoms with Gasteiger partial charge in [-0.1, -0.05) is 0 Å². The van der Waals surface area contributed by atoms with Gasteiger partial charge < -0.3 is 10.5 Å². The molecule has 0 aliphatic heterocycles. The van der Waals surface area contributed by atoms with Gasteiger partial charge in [-0.2, -0.15) is 0 Å². The van der Waals surface area contributed by atoms with Gasteiger partial charge >= 0.3 is 43.8 Å². The first-order chi connectivity index (χ1) is 6.95. The van der Waals surface area contributed by atoms with Crippen molar-refractivity contribution in [1.29, 1.82) is 0 Å². The Kier molecular flexibility index (Phi) is 6.09. The van der Waals surface area contributed by atoms with Crippen LogP contribution in [-0.2, 0) is 14.8 Å². The van der Waals surface area contributed by atoms with Crippen LogP contribution in [0.15, 0.2) is 29.2 Å². The fraction of sp³-hybridized carbons (Fsp3) is 0.125. The van der Waals surface area contributed by atoms with Gasteiger partial charge in [-0.3, -0.25) is 0 Å². The first-order valence-corrected chi connectivity index (χ1v) is 5.40. The molecule has 6 nitrogen and oxygen atoms in total. The Morgan fingerprint density at radius 1 is 1.31 bits per heavy atom. The summed E-state index contributed by atoms with van der Waals surface area (Å²) in [4.78, 5) is 10.7. The molecule has 0 aromatic heterocycles. The van der Waals surface area contributed by atoms with E-state index in [2.05, 4.69) is 4.74 Å². The van der Waals surface area contributed by atoms with Gasteiger partial charge in [0.25, 0.3) is 10.0 Å². The number of nitrogens with one attached hydrogen (secondary N) is 1. The van der Waals surface area contributed by atoms with Crippen LogP contribution in [0.2, 0.25) is 0 Å². The number of hydrogen-bond acceptors (Lipinski definition) is 5. The number of anilines is 1. The second kappa shape index (κ2) is 6.29. The SMILES string of the molecule is COC(=O)NS(=O)(=O)c1ccc(N)cc1.[Ca+2]. The van der Waals surface area contributed by atoms with Crippen molar-refractivity contribution in [2.24, 2.45) is 0 Å². The van der Waals surface area contributed by atoms with E-state index in [0.717, 1.165) is 7.11 Å². The maximum atomic E-state index is 11.5. The molecule has 1 aromatic rings. The molecule has 0 aliphatic carbocycles. The van der Waals surface area contributed by atoms with Crippen molar-refractivity contribution in [3.05, 3.63) is 24.3 Å². The van der Waals surface area contributed by atoms with E-state index in [1.165, 1.54) is 24.3 Å². The van der Waals surface area contributed by atoms with Crippen molar-refractivity contribution in [3.63, 3.8) is 0 Å². The van der Waals surface area contributed by atoms with Gasteiger partial charge in [0.2, 0.25) is 0 Å². The van der Waals surface area contributed by atoms with Gasteiger partial charge in [-0.25, -0.2) is 17.9 Å². The monoisotopic (exact) mass is 270 g/mol. The van der Waals surface area contributed by atoms with Gasteiger partial charge in [-0.15, -0.1) is 0 Å². The third-order valence-corrected chi connectivity index (χ3v) is 2.92. The van der Waals surface area contributed by atoms with Crippen LogP contribution >= 0.6 is 0 Å². The largest absolute Gasteiger partial charge is 2.00 e. The Morgan fingerprint density at radius 2 is 1.81 bits per heavy atom. The van der Waals surface area contributed by atoms with E-state index < -0.39 is 16.1 Å². The molecule has 16 heavy (non-hydrogen) atoms. The minimum Gasteiger partial charge on any atom is -0.452 e. The van der Waals surface area contributed by atoms with E-state index in [9.17, 15) is 13.2 Å². The summed E-state index contributed by atoms with van der Waals surface area (Å²) in [6.45, 7) is 0. The minimum absolute atomic E-state index is 0. The zero-order valence-corrected chi connectivity index (χ0v) is 11.7. The predicted octanol–water partition coefficient (Wildman–Crippen LogP) is -0.0673. The van der Waals surface area contributed by atoms with Crippen molar-refractivity contribution in [2.75, 3.05) is 12.8 Å². The van der Waals surface area contributed by atoms with E-state index in [1.54, 1.807) is 4.72 Å². The van der Waals surface area contributed by atoms with Crippen molar-refractivity contribution in [3.8, 4) is 0 Å². The summed E-state index contributed by atoms with van der Waals surface area (Å²) < 4.78 is 28.8. The minimum atomic E-state index is -3.87. The molecule has 82 valence electrons. The molecule has 1 aromatic carbocycles. The maximum Gasteiger partial charge on any atom is 2.00 e. The van der Waals surface area contributed by atoms with Crippen LogP contribution in [0.25, 0.3) is 0 Å². The summed E-state index contributed by atoms with van der Waals surface area (Å²) in [5, 5.41) is 0. The number of hydrogen-bond donors (Lipinski definition) is 2. The van der Waals surface area contributed by atoms with Crippen molar-refractivity contribution in [2.45, 2.75) is 4.90 Å². The van der Waals surface area contributed by atoms with E-state index in [1.807, 2.05) is 0 Å². The summed E-state index contributed by atoms with van der Waals surface area (Å²) in [5.41, 5.74) is 5.83. The van der Waals surface area contributed by atoms with Gasteiger partial charge in [0.05, 0.1) is 12.0 Å². The van der Waals surface area contributed by atoms with E-state index in [0.29, 0.717) is 5.69 Å². The standard InChI is InChI=1S/C8H10N2O4S.Ca/c1-14-8(11)10-15(12,13)7-4-2-6(9)3-5-7;/h2-5H,9H2,1H3,(H,10,11);/q;+2. The number of ether oxygens (including phenoxy) is 1. The molecule has 0 heterocycles.